The first kappa shape index (κ1) is 12.9. The molecule has 0 saturated carbocycles. The van der Waals surface area contributed by atoms with Crippen molar-refractivity contribution in [2.45, 2.75) is 6.54 Å². The minimum Gasteiger partial charge on any atom is -0.454 e. The van der Waals surface area contributed by atoms with Crippen molar-refractivity contribution in [3.8, 4) is 11.5 Å². The highest BCUT2D eigenvalue weighted by molar-refractivity contribution is 9.10. The molecule has 102 valence electrons. The van der Waals surface area contributed by atoms with Crippen molar-refractivity contribution in [1.82, 2.24) is 10.3 Å². The quantitative estimate of drug-likeness (QED) is 0.876. The maximum absolute atomic E-state index is 12.0. The van der Waals surface area contributed by atoms with Crippen LogP contribution in [0.15, 0.2) is 41.0 Å². The van der Waals surface area contributed by atoms with Crippen molar-refractivity contribution < 1.29 is 14.3 Å². The summed E-state index contributed by atoms with van der Waals surface area (Å²) in [6.45, 7) is 0.576. The molecule has 0 spiro atoms. The van der Waals surface area contributed by atoms with Gasteiger partial charge >= 0.3 is 0 Å². The monoisotopic (exact) mass is 334 g/mol. The van der Waals surface area contributed by atoms with Gasteiger partial charge in [0, 0.05) is 12.1 Å². The van der Waals surface area contributed by atoms with Gasteiger partial charge in [-0.05, 0) is 34.1 Å². The molecule has 1 N–H and O–H groups in total. The van der Waals surface area contributed by atoms with E-state index in [2.05, 4.69) is 26.2 Å². The van der Waals surface area contributed by atoms with Crippen LogP contribution in [0.2, 0.25) is 0 Å². The standard InChI is InChI=1S/C14H11BrN2O3/c15-12-6-2-4-10(17-12)14(18)16-7-9-3-1-5-11-13(9)20-8-19-11/h1-6H,7-8H2,(H,16,18). The SMILES string of the molecule is O=C(NCc1cccc2c1OCO2)c1cccc(Br)n1. The summed E-state index contributed by atoms with van der Waals surface area (Å²) >= 11 is 3.24. The Bertz CT molecular complexity index is 661. The number of ether oxygens (including phenoxy) is 2. The molecule has 3 rings (SSSR count). The van der Waals surface area contributed by atoms with Crippen molar-refractivity contribution >= 4 is 21.8 Å². The van der Waals surface area contributed by atoms with Crippen LogP contribution < -0.4 is 14.8 Å². The maximum atomic E-state index is 12.0. The third-order valence-electron chi connectivity index (χ3n) is 2.87. The van der Waals surface area contributed by atoms with E-state index in [0.717, 1.165) is 5.56 Å². The van der Waals surface area contributed by atoms with Gasteiger partial charge < -0.3 is 14.8 Å². The van der Waals surface area contributed by atoms with Gasteiger partial charge in [-0.1, -0.05) is 18.2 Å². The van der Waals surface area contributed by atoms with Crippen LogP contribution >= 0.6 is 15.9 Å². The van der Waals surface area contributed by atoms with Crippen LogP contribution in [0.3, 0.4) is 0 Å². The lowest BCUT2D eigenvalue weighted by atomic mass is 10.2. The van der Waals surface area contributed by atoms with Crippen LogP contribution in [0.4, 0.5) is 0 Å². The van der Waals surface area contributed by atoms with E-state index in [0.29, 0.717) is 28.3 Å². The molecule has 0 aliphatic carbocycles. The van der Waals surface area contributed by atoms with E-state index in [-0.39, 0.29) is 12.7 Å². The average Bonchev–Trinajstić information content (AvgIpc) is 2.93. The van der Waals surface area contributed by atoms with Crippen LogP contribution in [0.5, 0.6) is 11.5 Å². The zero-order valence-electron chi connectivity index (χ0n) is 10.4. The van der Waals surface area contributed by atoms with Crippen LogP contribution in [-0.2, 0) is 6.54 Å². The normalized spacial score (nSPS) is 12.2. The Morgan fingerprint density at radius 1 is 1.25 bits per heavy atom. The lowest BCUT2D eigenvalue weighted by Gasteiger charge is -2.07. The van der Waals surface area contributed by atoms with Gasteiger partial charge in [-0.2, -0.15) is 0 Å². The smallest absolute Gasteiger partial charge is 0.270 e. The summed E-state index contributed by atoms with van der Waals surface area (Å²) in [5.41, 5.74) is 1.24. The molecule has 20 heavy (non-hydrogen) atoms. The molecule has 2 aromatic rings. The number of hydrogen-bond donors (Lipinski definition) is 1. The summed E-state index contributed by atoms with van der Waals surface area (Å²) < 4.78 is 11.3. The van der Waals surface area contributed by atoms with E-state index in [4.69, 9.17) is 9.47 Å². The van der Waals surface area contributed by atoms with Crippen LogP contribution in [0, 0.1) is 0 Å². The van der Waals surface area contributed by atoms with E-state index < -0.39 is 0 Å². The number of pyridine rings is 1. The van der Waals surface area contributed by atoms with E-state index in [1.54, 1.807) is 18.2 Å². The van der Waals surface area contributed by atoms with Gasteiger partial charge in [0.1, 0.15) is 10.3 Å². The fourth-order valence-corrected chi connectivity index (χ4v) is 2.27. The molecule has 1 aliphatic rings. The van der Waals surface area contributed by atoms with Crippen LogP contribution in [0.1, 0.15) is 16.1 Å². The minimum absolute atomic E-state index is 0.216. The van der Waals surface area contributed by atoms with Crippen molar-refractivity contribution in [3.05, 3.63) is 52.3 Å². The molecule has 5 nitrogen and oxygen atoms in total. The molecule has 0 fully saturated rings. The van der Waals surface area contributed by atoms with Gasteiger partial charge in [-0.15, -0.1) is 0 Å². The predicted octanol–water partition coefficient (Wildman–Crippen LogP) is 2.50. The number of halogens is 1. The van der Waals surface area contributed by atoms with Crippen molar-refractivity contribution in [1.29, 1.82) is 0 Å². The minimum atomic E-state index is -0.234. The molecule has 1 amide bonds. The Balaban J connectivity index is 1.71. The fraction of sp³-hybridized carbons (Fsp3) is 0.143. The first-order chi connectivity index (χ1) is 9.74. The number of para-hydroxylation sites is 1. The van der Waals surface area contributed by atoms with E-state index in [9.17, 15) is 4.79 Å². The highest BCUT2D eigenvalue weighted by Gasteiger charge is 2.17. The summed E-state index contributed by atoms with van der Waals surface area (Å²) in [7, 11) is 0. The van der Waals surface area contributed by atoms with Gasteiger partial charge in [0.25, 0.3) is 5.91 Å². The molecular formula is C14H11BrN2O3. The first-order valence-electron chi connectivity index (χ1n) is 6.02. The summed E-state index contributed by atoms with van der Waals surface area (Å²) in [4.78, 5) is 16.1. The number of nitrogens with zero attached hydrogens (tertiary/aromatic N) is 1. The summed E-state index contributed by atoms with van der Waals surface area (Å²) in [5.74, 6) is 1.16. The Morgan fingerprint density at radius 3 is 2.95 bits per heavy atom. The Morgan fingerprint density at radius 2 is 2.10 bits per heavy atom. The third kappa shape index (κ3) is 2.60. The number of aromatic nitrogens is 1. The number of fused-ring (bicyclic) bond motifs is 1. The zero-order chi connectivity index (χ0) is 13.9. The summed E-state index contributed by atoms with van der Waals surface area (Å²) in [6.07, 6.45) is 0. The average molecular weight is 335 g/mol. The number of amides is 1. The van der Waals surface area contributed by atoms with Crippen molar-refractivity contribution in [2.24, 2.45) is 0 Å². The first-order valence-corrected chi connectivity index (χ1v) is 6.81. The maximum Gasteiger partial charge on any atom is 0.270 e. The highest BCUT2D eigenvalue weighted by Crippen LogP contribution is 2.35. The molecule has 1 aliphatic heterocycles. The summed E-state index contributed by atoms with van der Waals surface area (Å²) in [6, 6.07) is 10.8. The van der Waals surface area contributed by atoms with Crippen LogP contribution in [-0.4, -0.2) is 17.7 Å². The molecule has 6 heteroatoms. The highest BCUT2D eigenvalue weighted by atomic mass is 79.9. The largest absolute Gasteiger partial charge is 0.454 e. The Hall–Kier alpha value is -2.08. The van der Waals surface area contributed by atoms with Gasteiger partial charge in [-0.3, -0.25) is 4.79 Å². The number of hydrogen-bond acceptors (Lipinski definition) is 4. The third-order valence-corrected chi connectivity index (χ3v) is 3.31. The second kappa shape index (κ2) is 5.50. The lowest BCUT2D eigenvalue weighted by Crippen LogP contribution is -2.23. The molecule has 1 aromatic carbocycles. The second-order valence-electron chi connectivity index (χ2n) is 4.18. The number of nitrogens with one attached hydrogen (secondary N) is 1. The van der Waals surface area contributed by atoms with E-state index in [1.165, 1.54) is 0 Å². The topological polar surface area (TPSA) is 60.5 Å². The van der Waals surface area contributed by atoms with Crippen LogP contribution in [0.25, 0.3) is 0 Å². The van der Waals surface area contributed by atoms with Gasteiger partial charge in [0.15, 0.2) is 11.5 Å². The van der Waals surface area contributed by atoms with Gasteiger partial charge in [0.2, 0.25) is 6.79 Å². The molecule has 0 radical (unpaired) electrons. The molecule has 0 unspecified atom stereocenters. The van der Waals surface area contributed by atoms with Gasteiger partial charge in [0.05, 0.1) is 0 Å². The zero-order valence-corrected chi connectivity index (χ0v) is 12.0. The van der Waals surface area contributed by atoms with E-state index in [1.807, 2.05) is 18.2 Å². The second-order valence-corrected chi connectivity index (χ2v) is 4.99. The molecular weight excluding hydrogens is 324 g/mol. The predicted molar refractivity (Wildman–Crippen MR) is 75.7 cm³/mol. The molecule has 2 heterocycles. The van der Waals surface area contributed by atoms with Crippen molar-refractivity contribution in [3.63, 3.8) is 0 Å². The Labute approximate surface area is 124 Å². The molecule has 1 aromatic heterocycles. The molecule has 0 saturated heterocycles. The number of rotatable bonds is 3. The molecule has 0 atom stereocenters. The number of carbonyl (C=O) groups excluding carboxylic acids is 1. The molecule has 0 bridgehead atoms. The summed E-state index contributed by atoms with van der Waals surface area (Å²) in [5, 5.41) is 2.81. The number of carbonyl (C=O) groups is 1. The number of benzene rings is 1. The fourth-order valence-electron chi connectivity index (χ4n) is 1.93. The Kier molecular flexibility index (Phi) is 3.56. The van der Waals surface area contributed by atoms with E-state index >= 15 is 0 Å². The van der Waals surface area contributed by atoms with Crippen molar-refractivity contribution in [2.75, 3.05) is 6.79 Å². The van der Waals surface area contributed by atoms with Gasteiger partial charge in [-0.25, -0.2) is 4.98 Å². The lowest BCUT2D eigenvalue weighted by molar-refractivity contribution is 0.0945.